The van der Waals surface area contributed by atoms with Crippen LogP contribution < -0.4 is 5.32 Å². The highest BCUT2D eigenvalue weighted by molar-refractivity contribution is 5.97. The zero-order chi connectivity index (χ0) is 45.7. The van der Waals surface area contributed by atoms with Crippen LogP contribution in [0, 0.1) is 16.7 Å². The maximum atomic E-state index is 15.5. The summed E-state index contributed by atoms with van der Waals surface area (Å²) in [5.41, 5.74) is -9.96. The van der Waals surface area contributed by atoms with Crippen LogP contribution in [0.4, 0.5) is 4.79 Å². The molecule has 1 aliphatic heterocycles. The Bertz CT molecular complexity index is 2150. The molecular formula is C45H53NO16. The lowest BCUT2D eigenvalue weighted by atomic mass is 9.44. The summed E-state index contributed by atoms with van der Waals surface area (Å²) in [6.07, 6.45) is -12.6. The van der Waals surface area contributed by atoms with E-state index in [0.717, 1.165) is 13.8 Å². The molecule has 1 amide bonds. The van der Waals surface area contributed by atoms with Gasteiger partial charge in [0, 0.05) is 37.7 Å². The van der Waals surface area contributed by atoms with Crippen molar-refractivity contribution in [3.63, 3.8) is 0 Å². The number of aliphatic hydroxyl groups excluding tert-OH is 2. The molecule has 11 atom stereocenters. The van der Waals surface area contributed by atoms with Crippen LogP contribution >= 0.6 is 0 Å². The first kappa shape index (κ1) is 46.0. The maximum absolute atomic E-state index is 15.5. The molecule has 3 aliphatic carbocycles. The van der Waals surface area contributed by atoms with Crippen molar-refractivity contribution in [3.8, 4) is 0 Å². The number of aldehydes is 1. The first-order valence-corrected chi connectivity index (χ1v) is 20.2. The molecule has 4 N–H and O–H groups in total. The summed E-state index contributed by atoms with van der Waals surface area (Å²) < 4.78 is 35.2. The highest BCUT2D eigenvalue weighted by Crippen LogP contribution is 2.64. The molecule has 0 radical (unpaired) electrons. The maximum Gasteiger partial charge on any atom is 0.408 e. The minimum atomic E-state index is -2.56. The second-order valence-electron chi connectivity index (χ2n) is 18.1. The number of carbonyl (C=O) groups excluding carboxylic acids is 7. The summed E-state index contributed by atoms with van der Waals surface area (Å²) in [5.74, 6) is -6.91. The molecule has 2 saturated carbocycles. The van der Waals surface area contributed by atoms with Crippen LogP contribution in [-0.2, 0) is 52.4 Å². The summed E-state index contributed by atoms with van der Waals surface area (Å²) in [4.78, 5) is 96.3. The first-order valence-electron chi connectivity index (χ1n) is 20.2. The minimum Gasteiger partial charge on any atom is -0.455 e. The Kier molecular flexibility index (Phi) is 12.4. The molecule has 1 heterocycles. The van der Waals surface area contributed by atoms with Crippen molar-refractivity contribution >= 4 is 42.0 Å². The SMILES string of the molecule is CC(=O)O[C@H]1C(=O)[C@@]2(C)[C@H]([C@H](OC(=O)c3ccccc3)[C@]3(O)C[C@H](OC(=O)[C@H](O)[C@@H](NC(=O)OC(C)(C)C)c4ccccc4)C(C=O)=C1C3(C)C)[C@]1(OC(C)=O)CO[C@@H]1C[C@@H]2O. The molecule has 2 aromatic carbocycles. The minimum absolute atomic E-state index is 0.0109. The number of fused-ring (bicyclic) bond motifs is 5. The van der Waals surface area contributed by atoms with Gasteiger partial charge in [-0.05, 0) is 51.0 Å². The lowest BCUT2D eigenvalue weighted by molar-refractivity contribution is -0.346. The van der Waals surface area contributed by atoms with Crippen molar-refractivity contribution in [1.29, 1.82) is 0 Å². The van der Waals surface area contributed by atoms with Gasteiger partial charge in [-0.15, -0.1) is 0 Å². The molecule has 6 rings (SSSR count). The van der Waals surface area contributed by atoms with E-state index >= 15 is 4.79 Å². The summed E-state index contributed by atoms with van der Waals surface area (Å²) in [6.45, 7) is 10.7. The van der Waals surface area contributed by atoms with E-state index in [1.165, 1.54) is 45.0 Å². The van der Waals surface area contributed by atoms with Gasteiger partial charge in [-0.25, -0.2) is 14.4 Å². The molecule has 2 bridgehead atoms. The van der Waals surface area contributed by atoms with Crippen molar-refractivity contribution in [1.82, 2.24) is 5.32 Å². The Morgan fingerprint density at radius 2 is 1.53 bits per heavy atom. The number of ketones is 1. The van der Waals surface area contributed by atoms with Gasteiger partial charge in [0.2, 0.25) is 0 Å². The topological polar surface area (TPSA) is 248 Å². The molecule has 17 nitrogen and oxygen atoms in total. The third-order valence-electron chi connectivity index (χ3n) is 12.7. The van der Waals surface area contributed by atoms with Crippen molar-refractivity contribution < 1.29 is 77.3 Å². The fourth-order valence-corrected chi connectivity index (χ4v) is 9.69. The van der Waals surface area contributed by atoms with Crippen LogP contribution in [-0.4, -0.2) is 117 Å². The molecule has 2 aromatic rings. The van der Waals surface area contributed by atoms with E-state index < -0.39 is 124 Å². The number of benzene rings is 2. The van der Waals surface area contributed by atoms with E-state index in [9.17, 15) is 44.1 Å². The number of ether oxygens (including phenoxy) is 6. The van der Waals surface area contributed by atoms with Gasteiger partial charge in [0.05, 0.1) is 35.6 Å². The van der Waals surface area contributed by atoms with Crippen molar-refractivity contribution in [3.05, 3.63) is 82.9 Å². The number of alkyl carbamates (subject to hydrolysis) is 1. The standard InChI is InChI=1S/C45H53NO16/c1-23(48)58-34-31-27(21-47)28(59-39(54)33(51)32(25-15-11-9-12-16-25)46-40(55)62-41(3,4)5)20-45(56,42(31,6)7)37(60-38(53)26-17-13-10-14-18-26)35-43(8,36(34)52)29(50)19-30-44(35,22-57-30)61-24(2)49/h9-18,21,28-30,32-35,37,50-51,56H,19-20,22H2,1-8H3,(H,46,55)/t28-,29-,30+,32-,33+,34+,35-,37-,43+,44-,45+/m0/s1. The summed E-state index contributed by atoms with van der Waals surface area (Å²) in [5, 5.41) is 39.8. The Balaban J connectivity index is 1.56. The molecule has 4 aliphatic rings. The van der Waals surface area contributed by atoms with E-state index in [0.29, 0.717) is 0 Å². The van der Waals surface area contributed by atoms with Gasteiger partial charge in [-0.3, -0.25) is 19.2 Å². The zero-order valence-corrected chi connectivity index (χ0v) is 35.7. The van der Waals surface area contributed by atoms with Crippen molar-refractivity contribution in [2.24, 2.45) is 16.7 Å². The number of esters is 4. The molecule has 3 fully saturated rings. The van der Waals surface area contributed by atoms with Gasteiger partial charge in [0.1, 0.15) is 35.8 Å². The Hall–Kier alpha value is -5.49. The van der Waals surface area contributed by atoms with E-state index in [-0.39, 0.29) is 36.0 Å². The number of nitrogens with one attached hydrogen (secondary N) is 1. The first-order chi connectivity index (χ1) is 28.9. The molecule has 0 aromatic heterocycles. The van der Waals surface area contributed by atoms with E-state index in [2.05, 4.69) is 5.32 Å². The Morgan fingerprint density at radius 3 is 2.06 bits per heavy atom. The average Bonchev–Trinajstić information content (AvgIpc) is 3.19. The number of carbonyl (C=O) groups is 7. The number of hydrogen-bond donors (Lipinski definition) is 4. The van der Waals surface area contributed by atoms with Gasteiger partial charge in [-0.1, -0.05) is 62.4 Å². The number of aliphatic hydroxyl groups is 3. The number of Topliss-reactive ketones (excluding diaryl/α,β-unsaturated/α-hetero) is 1. The second kappa shape index (κ2) is 16.7. The van der Waals surface area contributed by atoms with Crippen molar-refractivity contribution in [2.75, 3.05) is 6.61 Å². The lowest BCUT2D eigenvalue weighted by Gasteiger charge is -2.67. The highest BCUT2D eigenvalue weighted by Gasteiger charge is 2.78. The molecule has 17 heteroatoms. The number of hydrogen-bond acceptors (Lipinski definition) is 16. The molecule has 1 saturated heterocycles. The fourth-order valence-electron chi connectivity index (χ4n) is 9.69. The van der Waals surface area contributed by atoms with Gasteiger partial charge in [-0.2, -0.15) is 0 Å². The number of rotatable bonds is 10. The molecule has 62 heavy (non-hydrogen) atoms. The predicted octanol–water partition coefficient (Wildman–Crippen LogP) is 3.01. The van der Waals surface area contributed by atoms with Crippen LogP contribution in [0.3, 0.4) is 0 Å². The smallest absolute Gasteiger partial charge is 0.408 e. The normalized spacial score (nSPS) is 32.1. The summed E-state index contributed by atoms with van der Waals surface area (Å²) >= 11 is 0. The fraction of sp³-hybridized carbons (Fsp3) is 0.533. The lowest BCUT2D eigenvalue weighted by Crippen LogP contribution is -2.82. The van der Waals surface area contributed by atoms with E-state index in [1.807, 2.05) is 0 Å². The van der Waals surface area contributed by atoms with Crippen LogP contribution in [0.1, 0.15) is 90.2 Å². The molecular weight excluding hydrogens is 810 g/mol. The third kappa shape index (κ3) is 7.91. The predicted molar refractivity (Wildman–Crippen MR) is 214 cm³/mol. The van der Waals surface area contributed by atoms with Crippen LogP contribution in [0.5, 0.6) is 0 Å². The second-order valence-corrected chi connectivity index (χ2v) is 18.1. The van der Waals surface area contributed by atoms with Gasteiger partial charge in [0.25, 0.3) is 0 Å². The highest BCUT2D eigenvalue weighted by atomic mass is 16.6. The zero-order valence-electron chi connectivity index (χ0n) is 35.7. The molecule has 0 unspecified atom stereocenters. The van der Waals surface area contributed by atoms with Crippen LogP contribution in [0.25, 0.3) is 0 Å². The van der Waals surface area contributed by atoms with Crippen LogP contribution in [0.2, 0.25) is 0 Å². The van der Waals surface area contributed by atoms with Crippen LogP contribution in [0.15, 0.2) is 71.8 Å². The summed E-state index contributed by atoms with van der Waals surface area (Å²) in [7, 11) is 0. The van der Waals surface area contributed by atoms with Gasteiger partial charge >= 0.3 is 30.0 Å². The monoisotopic (exact) mass is 863 g/mol. The molecule has 0 spiro atoms. The Labute approximate surface area is 358 Å². The van der Waals surface area contributed by atoms with E-state index in [1.54, 1.807) is 57.2 Å². The quantitative estimate of drug-likeness (QED) is 0.152. The largest absolute Gasteiger partial charge is 0.455 e. The third-order valence-corrected chi connectivity index (χ3v) is 12.7. The van der Waals surface area contributed by atoms with Gasteiger partial charge < -0.3 is 49.1 Å². The number of amides is 1. The van der Waals surface area contributed by atoms with Gasteiger partial charge in [0.15, 0.2) is 23.6 Å². The van der Waals surface area contributed by atoms with E-state index in [4.69, 9.17) is 28.4 Å². The average molecular weight is 864 g/mol. The summed E-state index contributed by atoms with van der Waals surface area (Å²) in [6, 6.07) is 14.1. The molecule has 334 valence electrons. The van der Waals surface area contributed by atoms with Crippen molar-refractivity contribution in [2.45, 2.75) is 128 Å². The Morgan fingerprint density at radius 1 is 0.919 bits per heavy atom.